The average molecular weight is 536 g/mol. The summed E-state index contributed by atoms with van der Waals surface area (Å²) in [6.45, 7) is 14.6. The standard InChI is InChI=1S/C31H51BrO2/c1-7-28(32)29(33)34-23-15-17-30(5)22(19-23)11-12-24-26-14-13-25(21(4)10-8-9-20(2)3)31(26,6)18-16-27(24)30/h11,20-21,23-28H,7-10,12-19H2,1-6H3/t21-,23+,24-,25+,26-,27-,28-,30+,31-/m1/s1. The minimum atomic E-state index is -0.162. The monoisotopic (exact) mass is 534 g/mol. The summed E-state index contributed by atoms with van der Waals surface area (Å²) in [6.07, 6.45) is 17.9. The minimum absolute atomic E-state index is 0.0710. The maximum absolute atomic E-state index is 12.4. The number of ether oxygens (including phenoxy) is 1. The summed E-state index contributed by atoms with van der Waals surface area (Å²) < 4.78 is 5.92. The van der Waals surface area contributed by atoms with E-state index < -0.39 is 0 Å². The Labute approximate surface area is 218 Å². The van der Waals surface area contributed by atoms with Crippen LogP contribution in [0.2, 0.25) is 0 Å². The van der Waals surface area contributed by atoms with Gasteiger partial charge in [0, 0.05) is 6.42 Å². The number of carbonyl (C=O) groups excluding carboxylic acids is 1. The fourth-order valence-electron chi connectivity index (χ4n) is 9.16. The van der Waals surface area contributed by atoms with E-state index in [9.17, 15) is 4.79 Å². The maximum atomic E-state index is 12.4. The molecule has 0 aromatic heterocycles. The van der Waals surface area contributed by atoms with Crippen LogP contribution in [-0.4, -0.2) is 16.9 Å². The first-order valence-corrected chi connectivity index (χ1v) is 15.6. The van der Waals surface area contributed by atoms with Crippen molar-refractivity contribution in [3.63, 3.8) is 0 Å². The van der Waals surface area contributed by atoms with Crippen LogP contribution in [0.3, 0.4) is 0 Å². The van der Waals surface area contributed by atoms with E-state index in [4.69, 9.17) is 4.74 Å². The molecule has 0 N–H and O–H groups in total. The Kier molecular flexibility index (Phi) is 8.33. The molecule has 0 amide bonds. The first kappa shape index (κ1) is 26.7. The number of rotatable bonds is 8. The van der Waals surface area contributed by atoms with Gasteiger partial charge in [0.1, 0.15) is 10.9 Å². The Morgan fingerprint density at radius 1 is 1.09 bits per heavy atom. The smallest absolute Gasteiger partial charge is 0.319 e. The van der Waals surface area contributed by atoms with Gasteiger partial charge in [0.05, 0.1) is 0 Å². The zero-order valence-electron chi connectivity index (χ0n) is 22.9. The highest BCUT2D eigenvalue weighted by Crippen LogP contribution is 2.67. The van der Waals surface area contributed by atoms with Gasteiger partial charge < -0.3 is 4.74 Å². The number of allylic oxidation sites excluding steroid dienone is 1. The Morgan fingerprint density at radius 2 is 1.85 bits per heavy atom. The van der Waals surface area contributed by atoms with E-state index in [2.05, 4.69) is 56.6 Å². The van der Waals surface area contributed by atoms with Crippen LogP contribution in [0, 0.1) is 46.3 Å². The molecule has 3 heteroatoms. The van der Waals surface area contributed by atoms with Crippen LogP contribution in [0.5, 0.6) is 0 Å². The lowest BCUT2D eigenvalue weighted by Crippen LogP contribution is -2.51. The molecule has 0 heterocycles. The van der Waals surface area contributed by atoms with Gasteiger partial charge in [-0.3, -0.25) is 4.79 Å². The molecule has 9 atom stereocenters. The van der Waals surface area contributed by atoms with E-state index in [1.165, 1.54) is 57.8 Å². The molecule has 34 heavy (non-hydrogen) atoms. The van der Waals surface area contributed by atoms with Gasteiger partial charge in [0.25, 0.3) is 0 Å². The van der Waals surface area contributed by atoms with Crippen LogP contribution in [-0.2, 0) is 9.53 Å². The van der Waals surface area contributed by atoms with Gasteiger partial charge in [-0.15, -0.1) is 0 Å². The molecule has 3 saturated carbocycles. The van der Waals surface area contributed by atoms with Crippen LogP contribution in [0.4, 0.5) is 0 Å². The predicted molar refractivity (Wildman–Crippen MR) is 146 cm³/mol. The van der Waals surface area contributed by atoms with Gasteiger partial charge in [-0.1, -0.05) is 88.4 Å². The van der Waals surface area contributed by atoms with Crippen molar-refractivity contribution in [1.82, 2.24) is 0 Å². The molecule has 3 fully saturated rings. The largest absolute Gasteiger partial charge is 0.461 e. The number of esters is 1. The predicted octanol–water partition coefficient (Wildman–Crippen LogP) is 9.11. The minimum Gasteiger partial charge on any atom is -0.461 e. The quantitative estimate of drug-likeness (QED) is 0.176. The topological polar surface area (TPSA) is 26.3 Å². The average Bonchev–Trinajstić information content (AvgIpc) is 3.15. The van der Waals surface area contributed by atoms with Gasteiger partial charge in [0.2, 0.25) is 0 Å². The summed E-state index contributed by atoms with van der Waals surface area (Å²) in [5.41, 5.74) is 2.49. The summed E-state index contributed by atoms with van der Waals surface area (Å²) in [5, 5.41) is 0. The molecule has 0 saturated heterocycles. The molecular weight excluding hydrogens is 484 g/mol. The lowest BCUT2D eigenvalue weighted by Gasteiger charge is -2.58. The van der Waals surface area contributed by atoms with Crippen LogP contribution < -0.4 is 0 Å². The van der Waals surface area contributed by atoms with E-state index in [1.807, 2.05) is 6.92 Å². The normalized spacial score (nSPS) is 41.2. The van der Waals surface area contributed by atoms with E-state index in [-0.39, 0.29) is 16.9 Å². The molecule has 0 bridgehead atoms. The van der Waals surface area contributed by atoms with Crippen molar-refractivity contribution in [2.75, 3.05) is 0 Å². The van der Waals surface area contributed by atoms with E-state index in [1.54, 1.807) is 5.57 Å². The van der Waals surface area contributed by atoms with Crippen molar-refractivity contribution in [3.8, 4) is 0 Å². The van der Waals surface area contributed by atoms with Crippen LogP contribution >= 0.6 is 15.9 Å². The third-order valence-electron chi connectivity index (χ3n) is 11.2. The maximum Gasteiger partial charge on any atom is 0.319 e. The van der Waals surface area contributed by atoms with Crippen molar-refractivity contribution >= 4 is 21.9 Å². The summed E-state index contributed by atoms with van der Waals surface area (Å²) in [6, 6.07) is 0. The number of alkyl halides is 1. The third-order valence-corrected chi connectivity index (χ3v) is 12.2. The summed E-state index contributed by atoms with van der Waals surface area (Å²) >= 11 is 3.47. The van der Waals surface area contributed by atoms with E-state index >= 15 is 0 Å². The molecule has 4 aliphatic carbocycles. The van der Waals surface area contributed by atoms with Crippen LogP contribution in [0.15, 0.2) is 11.6 Å². The number of hydrogen-bond acceptors (Lipinski definition) is 2. The molecule has 4 aliphatic rings. The lowest BCUT2D eigenvalue weighted by atomic mass is 9.47. The van der Waals surface area contributed by atoms with Crippen molar-refractivity contribution in [2.24, 2.45) is 46.3 Å². The summed E-state index contributed by atoms with van der Waals surface area (Å²) in [5.74, 6) is 5.18. The molecule has 0 radical (unpaired) electrons. The zero-order chi connectivity index (χ0) is 24.7. The van der Waals surface area contributed by atoms with E-state index in [0.717, 1.165) is 54.8 Å². The second-order valence-corrected chi connectivity index (χ2v) is 14.6. The van der Waals surface area contributed by atoms with Gasteiger partial charge in [0.15, 0.2) is 0 Å². The number of fused-ring (bicyclic) bond motifs is 5. The first-order chi connectivity index (χ1) is 16.1. The molecule has 4 rings (SSSR count). The number of halogens is 1. The second-order valence-electron chi connectivity index (χ2n) is 13.5. The summed E-state index contributed by atoms with van der Waals surface area (Å²) in [7, 11) is 0. The third kappa shape index (κ3) is 4.95. The lowest BCUT2D eigenvalue weighted by molar-refractivity contribution is -0.150. The van der Waals surface area contributed by atoms with Gasteiger partial charge >= 0.3 is 5.97 Å². The number of carbonyl (C=O) groups is 1. The Bertz CT molecular complexity index is 759. The number of hydrogen-bond donors (Lipinski definition) is 0. The molecule has 0 spiro atoms. The Hall–Kier alpha value is -0.310. The van der Waals surface area contributed by atoms with Crippen molar-refractivity contribution < 1.29 is 9.53 Å². The van der Waals surface area contributed by atoms with Gasteiger partial charge in [-0.05, 0) is 97.7 Å². The highest BCUT2D eigenvalue weighted by Gasteiger charge is 2.59. The second kappa shape index (κ2) is 10.6. The molecule has 2 nitrogen and oxygen atoms in total. The Morgan fingerprint density at radius 3 is 2.56 bits per heavy atom. The zero-order valence-corrected chi connectivity index (χ0v) is 24.5. The molecule has 0 aromatic rings. The van der Waals surface area contributed by atoms with Crippen LogP contribution in [0.1, 0.15) is 119 Å². The SMILES string of the molecule is CC[C@@H](Br)C(=O)O[C@H]1CC[C@@]2(C)C(=CC[C@@H]3[C@H]4CC[C@@H]([C@H](C)CCCC(C)C)[C@@]4(C)CC[C@H]32)C1. The fraction of sp³-hybridized carbons (Fsp3) is 0.903. The fourth-order valence-corrected chi connectivity index (χ4v) is 9.27. The molecule has 194 valence electrons. The molecular formula is C31H51BrO2. The van der Waals surface area contributed by atoms with Gasteiger partial charge in [-0.2, -0.15) is 0 Å². The Balaban J connectivity index is 1.43. The van der Waals surface area contributed by atoms with Crippen molar-refractivity contribution in [3.05, 3.63) is 11.6 Å². The van der Waals surface area contributed by atoms with Crippen LogP contribution in [0.25, 0.3) is 0 Å². The first-order valence-electron chi connectivity index (χ1n) is 14.6. The highest BCUT2D eigenvalue weighted by atomic mass is 79.9. The van der Waals surface area contributed by atoms with Crippen molar-refractivity contribution in [1.29, 1.82) is 0 Å². The summed E-state index contributed by atoms with van der Waals surface area (Å²) in [4.78, 5) is 12.2. The molecule has 0 unspecified atom stereocenters. The molecule has 0 aliphatic heterocycles. The van der Waals surface area contributed by atoms with Crippen molar-refractivity contribution in [2.45, 2.75) is 130 Å². The molecule has 0 aromatic carbocycles. The van der Waals surface area contributed by atoms with Gasteiger partial charge in [-0.25, -0.2) is 0 Å². The highest BCUT2D eigenvalue weighted by molar-refractivity contribution is 9.10. The van der Waals surface area contributed by atoms with E-state index in [0.29, 0.717) is 10.8 Å².